The first-order chi connectivity index (χ1) is 9.78. The molecule has 1 N–H and O–H groups in total. The van der Waals surface area contributed by atoms with Gasteiger partial charge in [0.25, 0.3) is 0 Å². The monoisotopic (exact) mass is 278 g/mol. The average molecular weight is 278 g/mol. The number of H-pyrrole nitrogens is 1. The third-order valence-electron chi connectivity index (χ3n) is 4.33. The number of nitrogens with one attached hydrogen (secondary N) is 1. The van der Waals surface area contributed by atoms with Crippen molar-refractivity contribution in [2.45, 2.75) is 38.0 Å². The van der Waals surface area contributed by atoms with Crippen LogP contribution >= 0.6 is 0 Å². The van der Waals surface area contributed by atoms with Gasteiger partial charge in [-0.05, 0) is 25.3 Å². The second-order valence-corrected chi connectivity index (χ2v) is 5.65. The number of carbonyl (C=O) groups excluding carboxylic acids is 1. The molecular weight excluding hydrogens is 256 g/mol. The van der Waals surface area contributed by atoms with Gasteiger partial charge in [0, 0.05) is 45.2 Å². The predicted octanol–water partition coefficient (Wildman–Crippen LogP) is 0.621. The second-order valence-electron chi connectivity index (χ2n) is 5.65. The standard InChI is InChI=1S/C14H22N4O2/c1-20-12-8-13(14(19)17-6-2-3-7-17)18(10-12)9-11-4-5-15-16-11/h4-5,12-13H,2-3,6-10H2,1H3,(H,15,16)/t12-,13-/m0/s1. The quantitative estimate of drug-likeness (QED) is 0.877. The molecule has 2 aliphatic heterocycles. The van der Waals surface area contributed by atoms with Crippen LogP contribution in [-0.4, -0.2) is 64.8 Å². The fraction of sp³-hybridized carbons (Fsp3) is 0.714. The Morgan fingerprint density at radius 3 is 2.95 bits per heavy atom. The number of carbonyl (C=O) groups is 1. The molecule has 2 saturated heterocycles. The van der Waals surface area contributed by atoms with E-state index in [1.807, 2.05) is 11.0 Å². The van der Waals surface area contributed by atoms with E-state index in [0.717, 1.165) is 51.1 Å². The summed E-state index contributed by atoms with van der Waals surface area (Å²) in [5.41, 5.74) is 1.04. The van der Waals surface area contributed by atoms with E-state index in [9.17, 15) is 4.79 Å². The Hall–Kier alpha value is -1.40. The lowest BCUT2D eigenvalue weighted by molar-refractivity contribution is -0.135. The molecule has 0 bridgehead atoms. The Bertz CT molecular complexity index is 442. The van der Waals surface area contributed by atoms with Gasteiger partial charge in [0.05, 0.1) is 12.1 Å². The minimum atomic E-state index is -0.0543. The minimum Gasteiger partial charge on any atom is -0.380 e. The Morgan fingerprint density at radius 2 is 2.30 bits per heavy atom. The zero-order chi connectivity index (χ0) is 13.9. The van der Waals surface area contributed by atoms with Gasteiger partial charge in [0.2, 0.25) is 5.91 Å². The predicted molar refractivity (Wildman–Crippen MR) is 74.0 cm³/mol. The smallest absolute Gasteiger partial charge is 0.240 e. The van der Waals surface area contributed by atoms with E-state index >= 15 is 0 Å². The minimum absolute atomic E-state index is 0.0543. The topological polar surface area (TPSA) is 61.5 Å². The number of rotatable bonds is 4. The van der Waals surface area contributed by atoms with Crippen molar-refractivity contribution < 1.29 is 9.53 Å². The molecule has 2 aliphatic rings. The van der Waals surface area contributed by atoms with Gasteiger partial charge >= 0.3 is 0 Å². The third-order valence-corrected chi connectivity index (χ3v) is 4.33. The average Bonchev–Trinajstić information content (AvgIpc) is 3.20. The first kappa shape index (κ1) is 13.6. The van der Waals surface area contributed by atoms with Crippen molar-refractivity contribution in [3.63, 3.8) is 0 Å². The van der Waals surface area contributed by atoms with Gasteiger partial charge < -0.3 is 9.64 Å². The van der Waals surface area contributed by atoms with Crippen molar-refractivity contribution in [2.24, 2.45) is 0 Å². The lowest BCUT2D eigenvalue weighted by atomic mass is 10.1. The van der Waals surface area contributed by atoms with Crippen molar-refractivity contribution in [1.82, 2.24) is 20.0 Å². The van der Waals surface area contributed by atoms with Crippen LogP contribution in [0.5, 0.6) is 0 Å². The third kappa shape index (κ3) is 2.71. The van der Waals surface area contributed by atoms with E-state index in [-0.39, 0.29) is 18.1 Å². The molecule has 6 heteroatoms. The molecule has 0 saturated carbocycles. The normalized spacial score (nSPS) is 27.4. The van der Waals surface area contributed by atoms with Crippen LogP contribution in [0.3, 0.4) is 0 Å². The van der Waals surface area contributed by atoms with Gasteiger partial charge in [0.1, 0.15) is 0 Å². The van der Waals surface area contributed by atoms with E-state index in [4.69, 9.17) is 4.74 Å². The molecular formula is C14H22N4O2. The SMILES string of the molecule is CO[C@H]1C[C@@H](C(=O)N2CCCC2)N(Cc2ccn[nH]2)C1. The summed E-state index contributed by atoms with van der Waals surface area (Å²) in [4.78, 5) is 16.9. The maximum Gasteiger partial charge on any atom is 0.240 e. The van der Waals surface area contributed by atoms with Gasteiger partial charge in [-0.2, -0.15) is 5.10 Å². The van der Waals surface area contributed by atoms with Crippen LogP contribution in [0, 0.1) is 0 Å². The summed E-state index contributed by atoms with van der Waals surface area (Å²) >= 11 is 0. The number of nitrogens with zero attached hydrogens (tertiary/aromatic N) is 3. The van der Waals surface area contributed by atoms with Crippen LogP contribution in [0.2, 0.25) is 0 Å². The molecule has 0 unspecified atom stereocenters. The largest absolute Gasteiger partial charge is 0.380 e. The molecule has 1 aromatic rings. The highest BCUT2D eigenvalue weighted by Gasteiger charge is 2.39. The number of aromatic nitrogens is 2. The molecule has 1 amide bonds. The Balaban J connectivity index is 1.70. The zero-order valence-corrected chi connectivity index (χ0v) is 11.9. The van der Waals surface area contributed by atoms with Crippen LogP contribution in [0.15, 0.2) is 12.3 Å². The summed E-state index contributed by atoms with van der Waals surface area (Å²) in [6.45, 7) is 3.35. The summed E-state index contributed by atoms with van der Waals surface area (Å²) in [5.74, 6) is 0.265. The zero-order valence-electron chi connectivity index (χ0n) is 11.9. The summed E-state index contributed by atoms with van der Waals surface area (Å²) < 4.78 is 5.47. The Morgan fingerprint density at radius 1 is 1.50 bits per heavy atom. The van der Waals surface area contributed by atoms with E-state index in [1.54, 1.807) is 13.3 Å². The molecule has 2 atom stereocenters. The van der Waals surface area contributed by atoms with Crippen molar-refractivity contribution in [3.05, 3.63) is 18.0 Å². The highest BCUT2D eigenvalue weighted by molar-refractivity contribution is 5.82. The van der Waals surface area contributed by atoms with Gasteiger partial charge in [-0.1, -0.05) is 0 Å². The molecule has 0 aliphatic carbocycles. The van der Waals surface area contributed by atoms with E-state index < -0.39 is 0 Å². The summed E-state index contributed by atoms with van der Waals surface area (Å²) in [7, 11) is 1.72. The highest BCUT2D eigenvalue weighted by Crippen LogP contribution is 2.25. The second kappa shape index (κ2) is 5.93. The lowest BCUT2D eigenvalue weighted by Crippen LogP contribution is -2.44. The fourth-order valence-corrected chi connectivity index (χ4v) is 3.20. The maximum absolute atomic E-state index is 12.7. The van der Waals surface area contributed by atoms with Crippen molar-refractivity contribution in [2.75, 3.05) is 26.7 Å². The van der Waals surface area contributed by atoms with E-state index in [0.29, 0.717) is 0 Å². The van der Waals surface area contributed by atoms with Gasteiger partial charge in [-0.3, -0.25) is 14.8 Å². The first-order valence-corrected chi connectivity index (χ1v) is 7.32. The fourth-order valence-electron chi connectivity index (χ4n) is 3.20. The van der Waals surface area contributed by atoms with Crippen LogP contribution in [0.25, 0.3) is 0 Å². The number of hydrogen-bond acceptors (Lipinski definition) is 4. The Kier molecular flexibility index (Phi) is 4.03. The van der Waals surface area contributed by atoms with Gasteiger partial charge in [-0.15, -0.1) is 0 Å². The molecule has 110 valence electrons. The first-order valence-electron chi connectivity index (χ1n) is 7.32. The van der Waals surface area contributed by atoms with Crippen LogP contribution in [0.1, 0.15) is 25.0 Å². The van der Waals surface area contributed by atoms with Crippen LogP contribution < -0.4 is 0 Å². The van der Waals surface area contributed by atoms with E-state index in [1.165, 1.54) is 0 Å². The van der Waals surface area contributed by atoms with Crippen LogP contribution in [0.4, 0.5) is 0 Å². The molecule has 3 heterocycles. The van der Waals surface area contributed by atoms with Gasteiger partial charge in [-0.25, -0.2) is 0 Å². The lowest BCUT2D eigenvalue weighted by Gasteiger charge is -2.26. The molecule has 0 spiro atoms. The summed E-state index contributed by atoms with van der Waals surface area (Å²) in [6, 6.07) is 1.90. The van der Waals surface area contributed by atoms with Crippen molar-refractivity contribution >= 4 is 5.91 Å². The number of likely N-dealkylation sites (tertiary alicyclic amines) is 2. The highest BCUT2D eigenvalue weighted by atomic mass is 16.5. The molecule has 20 heavy (non-hydrogen) atoms. The summed E-state index contributed by atoms with van der Waals surface area (Å²) in [6.07, 6.45) is 4.95. The van der Waals surface area contributed by atoms with Gasteiger partial charge in [0.15, 0.2) is 0 Å². The molecule has 3 rings (SSSR count). The number of methoxy groups -OCH3 is 1. The number of aromatic amines is 1. The molecule has 1 aromatic heterocycles. The Labute approximate surface area is 119 Å². The number of hydrogen-bond donors (Lipinski definition) is 1. The summed E-state index contributed by atoms with van der Waals surface area (Å²) in [5, 5.41) is 6.94. The van der Waals surface area contributed by atoms with Crippen LogP contribution in [-0.2, 0) is 16.1 Å². The molecule has 2 fully saturated rings. The molecule has 0 radical (unpaired) electrons. The maximum atomic E-state index is 12.7. The number of ether oxygens (including phenoxy) is 1. The molecule has 0 aromatic carbocycles. The van der Waals surface area contributed by atoms with Crippen molar-refractivity contribution in [3.8, 4) is 0 Å². The van der Waals surface area contributed by atoms with E-state index in [2.05, 4.69) is 15.1 Å². The molecule has 6 nitrogen and oxygen atoms in total. The number of amides is 1. The van der Waals surface area contributed by atoms with Crippen molar-refractivity contribution in [1.29, 1.82) is 0 Å².